The molecular formula is C19H34O5. The lowest BCUT2D eigenvalue weighted by molar-refractivity contribution is -0.142. The van der Waals surface area contributed by atoms with Crippen LogP contribution in [0.3, 0.4) is 0 Å². The molecule has 0 aromatic carbocycles. The van der Waals surface area contributed by atoms with Gasteiger partial charge in [-0.05, 0) is 55.8 Å². The van der Waals surface area contributed by atoms with Crippen LogP contribution in [0.4, 0.5) is 0 Å². The van der Waals surface area contributed by atoms with E-state index < -0.39 is 0 Å². The van der Waals surface area contributed by atoms with Crippen LogP contribution < -0.4 is 0 Å². The van der Waals surface area contributed by atoms with Gasteiger partial charge in [0.15, 0.2) is 0 Å². The Balaban J connectivity index is 0.000000240. The van der Waals surface area contributed by atoms with Crippen molar-refractivity contribution in [2.45, 2.75) is 59.2 Å². The smallest absolute Gasteiger partial charge is 0.302 e. The van der Waals surface area contributed by atoms with Gasteiger partial charge in [-0.25, -0.2) is 0 Å². The summed E-state index contributed by atoms with van der Waals surface area (Å²) in [5.74, 6) is 1.10. The second-order valence-corrected chi connectivity index (χ2v) is 7.53. The first kappa shape index (κ1) is 21.1. The maximum Gasteiger partial charge on any atom is 0.302 e. The predicted molar refractivity (Wildman–Crippen MR) is 93.2 cm³/mol. The average molecular weight is 342 g/mol. The number of rotatable bonds is 4. The summed E-state index contributed by atoms with van der Waals surface area (Å²) in [5, 5.41) is 28.1. The molecule has 2 saturated carbocycles. The number of carbonyl (C=O) groups excluding carboxylic acids is 1. The highest BCUT2D eigenvalue weighted by Gasteiger charge is 2.39. The average Bonchev–Trinajstić information content (AvgIpc) is 2.99. The molecule has 0 aromatic rings. The Morgan fingerprint density at radius 3 is 2.12 bits per heavy atom. The van der Waals surface area contributed by atoms with Crippen molar-refractivity contribution in [3.8, 4) is 0 Å². The van der Waals surface area contributed by atoms with Gasteiger partial charge in [0.1, 0.15) is 0 Å². The summed E-state index contributed by atoms with van der Waals surface area (Å²) in [6.45, 7) is 11.9. The first-order chi connectivity index (χ1) is 11.2. The van der Waals surface area contributed by atoms with Crippen molar-refractivity contribution in [2.75, 3.05) is 13.2 Å². The van der Waals surface area contributed by atoms with Gasteiger partial charge in [0, 0.05) is 13.5 Å². The molecule has 0 radical (unpaired) electrons. The second-order valence-electron chi connectivity index (χ2n) is 7.53. The van der Waals surface area contributed by atoms with E-state index in [2.05, 4.69) is 6.58 Å². The lowest BCUT2D eigenvalue weighted by atomic mass is 9.87. The van der Waals surface area contributed by atoms with Crippen molar-refractivity contribution in [3.05, 3.63) is 12.2 Å². The molecule has 2 aliphatic rings. The number of ether oxygens (including phenoxy) is 1. The van der Waals surface area contributed by atoms with Crippen LogP contribution in [0.15, 0.2) is 12.2 Å². The molecular weight excluding hydrogens is 308 g/mol. The molecule has 5 nitrogen and oxygen atoms in total. The van der Waals surface area contributed by atoms with Gasteiger partial charge >= 0.3 is 5.97 Å². The van der Waals surface area contributed by atoms with Gasteiger partial charge in [-0.15, -0.1) is 0 Å². The minimum atomic E-state index is -0.260. The van der Waals surface area contributed by atoms with Crippen LogP contribution in [-0.2, 0) is 9.53 Å². The van der Waals surface area contributed by atoms with Crippen LogP contribution in [0.2, 0.25) is 0 Å². The summed E-state index contributed by atoms with van der Waals surface area (Å²) in [5.41, 5.74) is 1.08. The Morgan fingerprint density at radius 1 is 1.12 bits per heavy atom. The molecule has 5 heteroatoms. The topological polar surface area (TPSA) is 87.0 Å². The van der Waals surface area contributed by atoms with Crippen LogP contribution in [0, 0.1) is 29.6 Å². The fourth-order valence-corrected chi connectivity index (χ4v) is 3.85. The molecule has 2 rings (SSSR count). The minimum Gasteiger partial charge on any atom is -0.466 e. The number of aliphatic hydroxyl groups excluding tert-OH is 3. The van der Waals surface area contributed by atoms with Crippen LogP contribution >= 0.6 is 0 Å². The highest BCUT2D eigenvalue weighted by Crippen LogP contribution is 2.40. The SMILES string of the molecule is C=C(C)[C@@H]1C[C@@H](O)[C@@H](C)[C@@H]1CO.CC(=O)OC[C@@H]1CC[C@@H](O)[C@H]1C. The maximum atomic E-state index is 10.5. The van der Waals surface area contributed by atoms with E-state index in [0.717, 1.165) is 24.8 Å². The molecule has 0 bridgehead atoms. The van der Waals surface area contributed by atoms with Crippen LogP contribution in [0.5, 0.6) is 0 Å². The van der Waals surface area contributed by atoms with E-state index in [-0.39, 0.29) is 42.5 Å². The zero-order chi connectivity index (χ0) is 18.4. The molecule has 2 aliphatic carbocycles. The van der Waals surface area contributed by atoms with Crippen LogP contribution in [0.25, 0.3) is 0 Å². The molecule has 2 fully saturated rings. The molecule has 24 heavy (non-hydrogen) atoms. The molecule has 0 aliphatic heterocycles. The molecule has 0 unspecified atom stereocenters. The molecule has 0 saturated heterocycles. The zero-order valence-corrected chi connectivity index (χ0v) is 15.4. The summed E-state index contributed by atoms with van der Waals surface area (Å²) in [4.78, 5) is 10.5. The second kappa shape index (κ2) is 9.54. The van der Waals surface area contributed by atoms with Crippen LogP contribution in [0.1, 0.15) is 47.0 Å². The minimum absolute atomic E-state index is 0.162. The number of aliphatic hydroxyl groups is 3. The lowest BCUT2D eigenvalue weighted by Crippen LogP contribution is -2.20. The van der Waals surface area contributed by atoms with Gasteiger partial charge in [0.25, 0.3) is 0 Å². The first-order valence-electron chi connectivity index (χ1n) is 8.94. The van der Waals surface area contributed by atoms with Crippen molar-refractivity contribution in [3.63, 3.8) is 0 Å². The van der Waals surface area contributed by atoms with E-state index in [4.69, 9.17) is 9.84 Å². The van der Waals surface area contributed by atoms with Crippen molar-refractivity contribution in [2.24, 2.45) is 29.6 Å². The van der Waals surface area contributed by atoms with Crippen molar-refractivity contribution in [1.82, 2.24) is 0 Å². The van der Waals surface area contributed by atoms with Crippen LogP contribution in [-0.4, -0.2) is 46.7 Å². The molecule has 0 heterocycles. The Hall–Kier alpha value is -0.910. The molecule has 140 valence electrons. The molecule has 0 amide bonds. The van der Waals surface area contributed by atoms with Gasteiger partial charge in [-0.1, -0.05) is 26.0 Å². The fraction of sp³-hybridized carbons (Fsp3) is 0.842. The van der Waals surface area contributed by atoms with E-state index >= 15 is 0 Å². The lowest BCUT2D eigenvalue weighted by Gasteiger charge is -2.20. The standard InChI is InChI=1S/C10H18O2.C9H16O3/c1-6(2)8-4-10(12)7(3)9(8)5-11;1-6-8(3-4-9(6)11)5-12-7(2)10/h7-12H,1,4-5H2,2-3H3;6,8-9,11H,3-5H2,1-2H3/t7-,8-,9-,10+;6-,8-,9+/m00/s1. The fourth-order valence-electron chi connectivity index (χ4n) is 3.85. The highest BCUT2D eigenvalue weighted by atomic mass is 16.5. The summed E-state index contributed by atoms with van der Waals surface area (Å²) in [6, 6.07) is 0. The molecule has 3 N–H and O–H groups in total. The number of hydrogen-bond acceptors (Lipinski definition) is 5. The van der Waals surface area contributed by atoms with Gasteiger partial charge in [-0.3, -0.25) is 4.79 Å². The molecule has 0 aromatic heterocycles. The monoisotopic (exact) mass is 342 g/mol. The summed E-state index contributed by atoms with van der Waals surface area (Å²) in [7, 11) is 0. The summed E-state index contributed by atoms with van der Waals surface area (Å²) >= 11 is 0. The van der Waals surface area contributed by atoms with E-state index in [9.17, 15) is 15.0 Å². The Labute approximate surface area is 145 Å². The summed E-state index contributed by atoms with van der Waals surface area (Å²) in [6.07, 6.45) is 2.11. The Bertz CT molecular complexity index is 422. The molecule has 0 spiro atoms. The van der Waals surface area contributed by atoms with Gasteiger partial charge in [0.2, 0.25) is 0 Å². The highest BCUT2D eigenvalue weighted by molar-refractivity contribution is 5.65. The Morgan fingerprint density at radius 2 is 1.75 bits per heavy atom. The van der Waals surface area contributed by atoms with Crippen molar-refractivity contribution in [1.29, 1.82) is 0 Å². The van der Waals surface area contributed by atoms with Gasteiger partial charge in [-0.2, -0.15) is 0 Å². The third-order valence-electron chi connectivity index (χ3n) is 5.82. The van der Waals surface area contributed by atoms with E-state index in [1.165, 1.54) is 6.92 Å². The van der Waals surface area contributed by atoms with Gasteiger partial charge < -0.3 is 20.1 Å². The number of carbonyl (C=O) groups is 1. The van der Waals surface area contributed by atoms with E-state index in [1.54, 1.807) is 0 Å². The van der Waals surface area contributed by atoms with Crippen molar-refractivity contribution < 1.29 is 24.9 Å². The number of allylic oxidation sites excluding steroid dienone is 1. The zero-order valence-electron chi connectivity index (χ0n) is 15.4. The largest absolute Gasteiger partial charge is 0.466 e. The maximum absolute atomic E-state index is 10.5. The first-order valence-corrected chi connectivity index (χ1v) is 8.94. The normalized spacial score (nSPS) is 38.4. The molecule has 7 atom stereocenters. The quantitative estimate of drug-likeness (QED) is 0.538. The third kappa shape index (κ3) is 5.57. The van der Waals surface area contributed by atoms with E-state index in [0.29, 0.717) is 18.4 Å². The number of hydrogen-bond donors (Lipinski definition) is 3. The van der Waals surface area contributed by atoms with E-state index in [1.807, 2.05) is 20.8 Å². The van der Waals surface area contributed by atoms with Gasteiger partial charge in [0.05, 0.1) is 18.8 Å². The Kier molecular flexibility index (Phi) is 8.40. The third-order valence-corrected chi connectivity index (χ3v) is 5.82. The van der Waals surface area contributed by atoms with Crippen molar-refractivity contribution >= 4 is 5.97 Å². The number of esters is 1. The predicted octanol–water partition coefficient (Wildman–Crippen LogP) is 2.14. The summed E-state index contributed by atoms with van der Waals surface area (Å²) < 4.78 is 4.89.